The van der Waals surface area contributed by atoms with Crippen molar-refractivity contribution < 1.29 is 10.0 Å². The van der Waals surface area contributed by atoms with Gasteiger partial charge in [0.15, 0.2) is 0 Å². The lowest BCUT2D eigenvalue weighted by Gasteiger charge is -2.23. The number of nitro benzene ring substituents is 1. The van der Waals surface area contributed by atoms with Crippen LogP contribution in [-0.2, 0) is 6.54 Å². The van der Waals surface area contributed by atoms with Crippen LogP contribution in [0.5, 0.6) is 0 Å². The standard InChI is InChI=1S/C19H15ClN4O3/c20-15-3-1-2-13(8-15)12-23(6-7-25)19-9-14(11-21)17-10-16(24(26)27)4-5-18(17)22-19/h1-5,8-10,25H,6-7,12H2. The number of hydrogen-bond acceptors (Lipinski definition) is 6. The Morgan fingerprint density at radius 1 is 1.26 bits per heavy atom. The number of aliphatic hydroxyl groups is 1. The lowest BCUT2D eigenvalue weighted by atomic mass is 10.1. The summed E-state index contributed by atoms with van der Waals surface area (Å²) >= 11 is 6.04. The van der Waals surface area contributed by atoms with Crippen LogP contribution in [0.3, 0.4) is 0 Å². The Bertz CT molecular complexity index is 1050. The molecule has 27 heavy (non-hydrogen) atoms. The SMILES string of the molecule is N#Cc1cc(N(CCO)Cc2cccc(Cl)c2)nc2ccc([N+](=O)[O-])cc12. The number of fused-ring (bicyclic) bond motifs is 1. The second-order valence-electron chi connectivity index (χ2n) is 5.87. The Morgan fingerprint density at radius 3 is 2.74 bits per heavy atom. The number of nitrogens with zero attached hydrogens (tertiary/aromatic N) is 4. The fourth-order valence-corrected chi connectivity index (χ4v) is 3.03. The molecular weight excluding hydrogens is 368 g/mol. The monoisotopic (exact) mass is 382 g/mol. The van der Waals surface area contributed by atoms with Crippen LogP contribution in [0, 0.1) is 21.4 Å². The van der Waals surface area contributed by atoms with Crippen molar-refractivity contribution in [1.82, 2.24) is 4.98 Å². The Kier molecular flexibility index (Phi) is 5.50. The predicted molar refractivity (Wildman–Crippen MR) is 103 cm³/mol. The highest BCUT2D eigenvalue weighted by Crippen LogP contribution is 2.27. The summed E-state index contributed by atoms with van der Waals surface area (Å²) in [4.78, 5) is 16.8. The molecule has 0 aliphatic carbocycles. The van der Waals surface area contributed by atoms with Gasteiger partial charge in [0.2, 0.25) is 0 Å². The lowest BCUT2D eigenvalue weighted by Crippen LogP contribution is -2.27. The smallest absolute Gasteiger partial charge is 0.270 e. The first-order chi connectivity index (χ1) is 13.0. The van der Waals surface area contributed by atoms with Crippen LogP contribution in [0.15, 0.2) is 48.5 Å². The van der Waals surface area contributed by atoms with Crippen LogP contribution in [0.1, 0.15) is 11.1 Å². The van der Waals surface area contributed by atoms with E-state index in [4.69, 9.17) is 11.6 Å². The molecule has 0 unspecified atom stereocenters. The summed E-state index contributed by atoms with van der Waals surface area (Å²) in [6.45, 7) is 0.656. The minimum Gasteiger partial charge on any atom is -0.395 e. The van der Waals surface area contributed by atoms with E-state index in [9.17, 15) is 20.5 Å². The van der Waals surface area contributed by atoms with Crippen molar-refractivity contribution in [3.63, 3.8) is 0 Å². The highest BCUT2D eigenvalue weighted by atomic mass is 35.5. The first-order valence-electron chi connectivity index (χ1n) is 8.11. The zero-order valence-electron chi connectivity index (χ0n) is 14.2. The van der Waals surface area contributed by atoms with Gasteiger partial charge in [-0.3, -0.25) is 10.1 Å². The van der Waals surface area contributed by atoms with E-state index in [0.29, 0.717) is 34.8 Å². The summed E-state index contributed by atoms with van der Waals surface area (Å²) in [6, 6.07) is 15.2. The van der Waals surface area contributed by atoms with Crippen molar-refractivity contribution in [1.29, 1.82) is 5.26 Å². The van der Waals surface area contributed by atoms with Gasteiger partial charge in [-0.1, -0.05) is 23.7 Å². The maximum atomic E-state index is 11.0. The molecule has 0 amide bonds. The number of hydrogen-bond donors (Lipinski definition) is 1. The molecular formula is C19H15ClN4O3. The van der Waals surface area contributed by atoms with Crippen LogP contribution in [0.25, 0.3) is 10.9 Å². The fourth-order valence-electron chi connectivity index (χ4n) is 2.82. The zero-order chi connectivity index (χ0) is 19.4. The number of nitro groups is 1. The van der Waals surface area contributed by atoms with Gasteiger partial charge in [0.25, 0.3) is 5.69 Å². The van der Waals surface area contributed by atoms with Crippen LogP contribution >= 0.6 is 11.6 Å². The third-order valence-electron chi connectivity index (χ3n) is 4.07. The summed E-state index contributed by atoms with van der Waals surface area (Å²) in [5.74, 6) is 0.502. The summed E-state index contributed by atoms with van der Waals surface area (Å²) in [7, 11) is 0. The number of non-ortho nitro benzene ring substituents is 1. The summed E-state index contributed by atoms with van der Waals surface area (Å²) in [5.41, 5.74) is 1.59. The van der Waals surface area contributed by atoms with E-state index in [1.54, 1.807) is 12.1 Å². The molecule has 1 aromatic heterocycles. The van der Waals surface area contributed by atoms with E-state index >= 15 is 0 Å². The average Bonchev–Trinajstić information content (AvgIpc) is 2.66. The molecule has 0 fully saturated rings. The number of aromatic nitrogens is 1. The summed E-state index contributed by atoms with van der Waals surface area (Å²) in [5, 5.41) is 30.9. The highest BCUT2D eigenvalue weighted by Gasteiger charge is 2.15. The molecule has 8 heteroatoms. The normalized spacial score (nSPS) is 10.6. The topological polar surface area (TPSA) is 103 Å². The summed E-state index contributed by atoms with van der Waals surface area (Å²) in [6.07, 6.45) is 0. The lowest BCUT2D eigenvalue weighted by molar-refractivity contribution is -0.384. The maximum Gasteiger partial charge on any atom is 0.270 e. The van der Waals surface area contributed by atoms with Gasteiger partial charge in [0, 0.05) is 35.6 Å². The fraction of sp³-hybridized carbons (Fsp3) is 0.158. The molecule has 0 spiro atoms. The molecule has 0 atom stereocenters. The number of nitriles is 1. The van der Waals surface area contributed by atoms with Gasteiger partial charge in [0.05, 0.1) is 28.7 Å². The van der Waals surface area contributed by atoms with E-state index in [1.165, 1.54) is 18.2 Å². The molecule has 0 saturated heterocycles. The van der Waals surface area contributed by atoms with Crippen molar-refractivity contribution in [3.05, 3.63) is 74.8 Å². The van der Waals surface area contributed by atoms with Gasteiger partial charge >= 0.3 is 0 Å². The van der Waals surface area contributed by atoms with E-state index in [-0.39, 0.29) is 17.9 Å². The third kappa shape index (κ3) is 4.14. The molecule has 3 aromatic rings. The molecule has 3 rings (SSSR count). The molecule has 1 N–H and O–H groups in total. The van der Waals surface area contributed by atoms with E-state index in [0.717, 1.165) is 5.56 Å². The van der Waals surface area contributed by atoms with Crippen LogP contribution < -0.4 is 4.90 Å². The Hall–Kier alpha value is -3.21. The van der Waals surface area contributed by atoms with Gasteiger partial charge in [-0.05, 0) is 29.8 Å². The molecule has 136 valence electrons. The van der Waals surface area contributed by atoms with Crippen molar-refractivity contribution in [2.45, 2.75) is 6.54 Å². The van der Waals surface area contributed by atoms with E-state index < -0.39 is 4.92 Å². The number of anilines is 1. The second kappa shape index (κ2) is 7.99. The molecule has 0 bridgehead atoms. The largest absolute Gasteiger partial charge is 0.395 e. The summed E-state index contributed by atoms with van der Waals surface area (Å²) < 4.78 is 0. The van der Waals surface area contributed by atoms with Gasteiger partial charge in [-0.15, -0.1) is 0 Å². The molecule has 0 radical (unpaired) electrons. The first kappa shape index (κ1) is 18.6. The minimum absolute atomic E-state index is 0.0948. The van der Waals surface area contributed by atoms with Gasteiger partial charge in [-0.25, -0.2) is 4.98 Å². The van der Waals surface area contributed by atoms with Crippen molar-refractivity contribution in [3.8, 4) is 6.07 Å². The second-order valence-corrected chi connectivity index (χ2v) is 6.31. The Balaban J connectivity index is 2.05. The number of benzene rings is 2. The number of aliphatic hydroxyl groups excluding tert-OH is 1. The van der Waals surface area contributed by atoms with E-state index in [1.807, 2.05) is 23.1 Å². The van der Waals surface area contributed by atoms with Crippen molar-refractivity contribution in [2.75, 3.05) is 18.1 Å². The van der Waals surface area contributed by atoms with Crippen LogP contribution in [0.4, 0.5) is 11.5 Å². The minimum atomic E-state index is -0.508. The number of pyridine rings is 1. The Morgan fingerprint density at radius 2 is 2.07 bits per heavy atom. The molecule has 1 heterocycles. The van der Waals surface area contributed by atoms with Crippen LogP contribution in [-0.4, -0.2) is 28.2 Å². The third-order valence-corrected chi connectivity index (χ3v) is 4.30. The molecule has 0 saturated carbocycles. The van der Waals surface area contributed by atoms with Crippen LogP contribution in [0.2, 0.25) is 5.02 Å². The van der Waals surface area contributed by atoms with Crippen molar-refractivity contribution >= 4 is 34.0 Å². The van der Waals surface area contributed by atoms with E-state index in [2.05, 4.69) is 11.1 Å². The van der Waals surface area contributed by atoms with Crippen molar-refractivity contribution in [2.24, 2.45) is 0 Å². The molecule has 0 aliphatic rings. The quantitative estimate of drug-likeness (QED) is 0.515. The first-order valence-corrected chi connectivity index (χ1v) is 8.49. The molecule has 0 aliphatic heterocycles. The maximum absolute atomic E-state index is 11.0. The van der Waals surface area contributed by atoms with Gasteiger partial charge in [0.1, 0.15) is 5.82 Å². The number of halogens is 1. The zero-order valence-corrected chi connectivity index (χ0v) is 14.9. The molecule has 2 aromatic carbocycles. The highest BCUT2D eigenvalue weighted by molar-refractivity contribution is 6.30. The average molecular weight is 383 g/mol. The Labute approximate surface area is 160 Å². The van der Waals surface area contributed by atoms with Gasteiger partial charge in [-0.2, -0.15) is 5.26 Å². The number of rotatable bonds is 6. The predicted octanol–water partition coefficient (Wildman–Crippen LogP) is 3.67. The molecule has 7 nitrogen and oxygen atoms in total. The van der Waals surface area contributed by atoms with Gasteiger partial charge < -0.3 is 10.0 Å².